The van der Waals surface area contributed by atoms with Crippen LogP contribution >= 0.6 is 0 Å². The lowest BCUT2D eigenvalue weighted by Gasteiger charge is -2.27. The van der Waals surface area contributed by atoms with Crippen molar-refractivity contribution < 1.29 is 0 Å². The van der Waals surface area contributed by atoms with Crippen molar-refractivity contribution in [3.63, 3.8) is 0 Å². The maximum atomic E-state index is 4.53. The molecular weight excluding hydrogens is 404 g/mol. The SMILES string of the molecule is Cn1ccnc1CN(CCN(Cc1nccn1C)Cc1nccn1C)Cc1nccn1C. The van der Waals surface area contributed by atoms with Gasteiger partial charge in [-0.15, -0.1) is 0 Å². The normalized spacial score (nSPS) is 11.8. The van der Waals surface area contributed by atoms with Gasteiger partial charge in [-0.1, -0.05) is 0 Å². The zero-order valence-electron chi connectivity index (χ0n) is 19.3. The fourth-order valence-corrected chi connectivity index (χ4v) is 3.71. The van der Waals surface area contributed by atoms with Gasteiger partial charge in [-0.2, -0.15) is 0 Å². The molecule has 170 valence electrons. The molecule has 0 spiro atoms. The minimum Gasteiger partial charge on any atom is -0.337 e. The number of rotatable bonds is 11. The standard InChI is InChI=1S/C22H32N10/c1-27-9-5-23-19(27)15-31(16-20-24-6-10-28(20)2)13-14-32(17-21-25-7-11-29(21)3)18-22-26-8-12-30(22)4/h5-12H,13-18H2,1-4H3. The second-order valence-corrected chi connectivity index (χ2v) is 8.24. The van der Waals surface area contributed by atoms with Gasteiger partial charge in [-0.25, -0.2) is 19.9 Å². The van der Waals surface area contributed by atoms with Crippen LogP contribution in [-0.2, 0) is 54.4 Å². The van der Waals surface area contributed by atoms with E-state index in [2.05, 4.69) is 48.0 Å². The lowest BCUT2D eigenvalue weighted by Crippen LogP contribution is -2.36. The third-order valence-corrected chi connectivity index (χ3v) is 5.88. The molecule has 0 saturated heterocycles. The molecule has 10 nitrogen and oxygen atoms in total. The molecule has 4 rings (SSSR count). The highest BCUT2D eigenvalue weighted by atomic mass is 15.3. The van der Waals surface area contributed by atoms with Crippen LogP contribution in [0.3, 0.4) is 0 Å². The molecule has 0 atom stereocenters. The van der Waals surface area contributed by atoms with Crippen LogP contribution in [0, 0.1) is 0 Å². The second kappa shape index (κ2) is 9.92. The summed E-state index contributed by atoms with van der Waals surface area (Å²) in [6.45, 7) is 4.77. The van der Waals surface area contributed by atoms with E-state index in [1.807, 2.05) is 77.8 Å². The van der Waals surface area contributed by atoms with Crippen LogP contribution in [0.4, 0.5) is 0 Å². The first kappa shape index (κ1) is 22.0. The summed E-state index contributed by atoms with van der Waals surface area (Å²) in [5, 5.41) is 0. The predicted octanol–water partition coefficient (Wildman–Crippen LogP) is 1.33. The van der Waals surface area contributed by atoms with E-state index in [-0.39, 0.29) is 0 Å². The predicted molar refractivity (Wildman–Crippen MR) is 121 cm³/mol. The summed E-state index contributed by atoms with van der Waals surface area (Å²) in [5.74, 6) is 4.16. The van der Waals surface area contributed by atoms with Crippen molar-refractivity contribution in [2.75, 3.05) is 13.1 Å². The number of nitrogens with zero attached hydrogens (tertiary/aromatic N) is 10. The third kappa shape index (κ3) is 5.32. The number of hydrogen-bond donors (Lipinski definition) is 0. The molecule has 0 saturated carbocycles. The van der Waals surface area contributed by atoms with Gasteiger partial charge in [0.2, 0.25) is 0 Å². The lowest BCUT2D eigenvalue weighted by molar-refractivity contribution is 0.169. The first-order chi connectivity index (χ1) is 15.5. The summed E-state index contributed by atoms with van der Waals surface area (Å²) in [6, 6.07) is 0. The van der Waals surface area contributed by atoms with Gasteiger partial charge >= 0.3 is 0 Å². The van der Waals surface area contributed by atoms with Gasteiger partial charge in [0.15, 0.2) is 0 Å². The number of imidazole rings is 4. The molecule has 4 aromatic rings. The average Bonchev–Trinajstić information content (AvgIpc) is 3.55. The van der Waals surface area contributed by atoms with Crippen LogP contribution in [0.5, 0.6) is 0 Å². The zero-order chi connectivity index (χ0) is 22.5. The average molecular weight is 437 g/mol. The Morgan fingerprint density at radius 3 is 0.938 bits per heavy atom. The molecule has 4 aromatic heterocycles. The number of hydrogen-bond acceptors (Lipinski definition) is 6. The van der Waals surface area contributed by atoms with E-state index in [1.165, 1.54) is 0 Å². The van der Waals surface area contributed by atoms with E-state index < -0.39 is 0 Å². The molecule has 0 bridgehead atoms. The van der Waals surface area contributed by atoms with Crippen LogP contribution in [0.1, 0.15) is 23.3 Å². The first-order valence-electron chi connectivity index (χ1n) is 10.8. The maximum absolute atomic E-state index is 4.53. The van der Waals surface area contributed by atoms with Crippen molar-refractivity contribution >= 4 is 0 Å². The fraction of sp³-hybridized carbons (Fsp3) is 0.455. The van der Waals surface area contributed by atoms with Gasteiger partial charge in [-0.3, -0.25) is 9.80 Å². The molecule has 10 heteroatoms. The molecule has 0 aromatic carbocycles. The molecule has 0 aliphatic heterocycles. The zero-order valence-corrected chi connectivity index (χ0v) is 19.3. The van der Waals surface area contributed by atoms with E-state index in [9.17, 15) is 0 Å². The van der Waals surface area contributed by atoms with Gasteiger partial charge in [0.25, 0.3) is 0 Å². The molecule has 0 fully saturated rings. The highest BCUT2D eigenvalue weighted by Crippen LogP contribution is 2.11. The Bertz CT molecular complexity index is 944. The van der Waals surface area contributed by atoms with Crippen molar-refractivity contribution in [1.82, 2.24) is 48.0 Å². The van der Waals surface area contributed by atoms with Gasteiger partial charge < -0.3 is 18.3 Å². The Morgan fingerprint density at radius 2 is 0.750 bits per heavy atom. The van der Waals surface area contributed by atoms with Gasteiger partial charge in [0.05, 0.1) is 26.2 Å². The van der Waals surface area contributed by atoms with Crippen LogP contribution in [-0.4, -0.2) is 61.1 Å². The third-order valence-electron chi connectivity index (χ3n) is 5.88. The van der Waals surface area contributed by atoms with Gasteiger partial charge in [0.1, 0.15) is 23.3 Å². The summed E-state index contributed by atoms with van der Waals surface area (Å²) >= 11 is 0. The van der Waals surface area contributed by atoms with Crippen molar-refractivity contribution in [3.8, 4) is 0 Å². The largest absolute Gasteiger partial charge is 0.337 e. The molecular formula is C22H32N10. The van der Waals surface area contributed by atoms with E-state index in [1.54, 1.807) is 0 Å². The van der Waals surface area contributed by atoms with Crippen LogP contribution in [0.15, 0.2) is 49.6 Å². The van der Waals surface area contributed by atoms with Crippen molar-refractivity contribution in [2.45, 2.75) is 26.2 Å². The summed E-state index contributed by atoms with van der Waals surface area (Å²) < 4.78 is 8.30. The Labute approximate surface area is 188 Å². The number of aromatic nitrogens is 8. The number of aryl methyl sites for hydroxylation is 4. The molecule has 0 aliphatic rings. The maximum Gasteiger partial charge on any atom is 0.122 e. The van der Waals surface area contributed by atoms with Gasteiger partial charge in [-0.05, 0) is 0 Å². The minimum absolute atomic E-state index is 0.759. The minimum atomic E-state index is 0.759. The summed E-state index contributed by atoms with van der Waals surface area (Å²) in [4.78, 5) is 22.9. The molecule has 4 heterocycles. The smallest absolute Gasteiger partial charge is 0.122 e. The topological polar surface area (TPSA) is 77.8 Å². The molecule has 0 aliphatic carbocycles. The van der Waals surface area contributed by atoms with E-state index in [0.717, 1.165) is 62.6 Å². The van der Waals surface area contributed by atoms with Crippen molar-refractivity contribution in [1.29, 1.82) is 0 Å². The van der Waals surface area contributed by atoms with Crippen LogP contribution in [0.25, 0.3) is 0 Å². The molecule has 0 amide bonds. The highest BCUT2D eigenvalue weighted by molar-refractivity contribution is 4.97. The summed E-state index contributed by atoms with van der Waals surface area (Å²) in [7, 11) is 8.15. The molecule has 32 heavy (non-hydrogen) atoms. The highest BCUT2D eigenvalue weighted by Gasteiger charge is 2.17. The van der Waals surface area contributed by atoms with E-state index in [0.29, 0.717) is 0 Å². The Morgan fingerprint density at radius 1 is 0.500 bits per heavy atom. The Hall–Kier alpha value is -3.24. The Balaban J connectivity index is 1.49. The monoisotopic (exact) mass is 436 g/mol. The lowest BCUT2D eigenvalue weighted by atomic mass is 10.3. The Kier molecular flexibility index (Phi) is 6.81. The molecule has 0 N–H and O–H groups in total. The summed E-state index contributed by atoms with van der Waals surface area (Å²) in [5.41, 5.74) is 0. The molecule has 0 radical (unpaired) electrons. The quantitative estimate of drug-likeness (QED) is 0.353. The van der Waals surface area contributed by atoms with Crippen LogP contribution in [0.2, 0.25) is 0 Å². The second-order valence-electron chi connectivity index (χ2n) is 8.24. The fourth-order valence-electron chi connectivity index (χ4n) is 3.71. The van der Waals surface area contributed by atoms with Crippen LogP contribution < -0.4 is 0 Å². The summed E-state index contributed by atoms with van der Waals surface area (Å²) in [6.07, 6.45) is 15.4. The van der Waals surface area contributed by atoms with Crippen molar-refractivity contribution in [3.05, 3.63) is 72.9 Å². The van der Waals surface area contributed by atoms with Gasteiger partial charge in [0, 0.05) is 90.9 Å². The van der Waals surface area contributed by atoms with E-state index >= 15 is 0 Å². The van der Waals surface area contributed by atoms with Crippen molar-refractivity contribution in [2.24, 2.45) is 28.2 Å². The van der Waals surface area contributed by atoms with E-state index in [4.69, 9.17) is 0 Å². The molecule has 0 unspecified atom stereocenters. The first-order valence-corrected chi connectivity index (χ1v) is 10.8.